The zero-order valence-electron chi connectivity index (χ0n) is 22.6. The van der Waals surface area contributed by atoms with Gasteiger partial charge in [0.25, 0.3) is 0 Å². The molecule has 204 valence electrons. The summed E-state index contributed by atoms with van der Waals surface area (Å²) in [7, 11) is 0. The highest BCUT2D eigenvalue weighted by Crippen LogP contribution is 2.71. The second-order valence-electron chi connectivity index (χ2n) is 13.2. The Morgan fingerprint density at radius 3 is 2.57 bits per heavy atom. The quantitative estimate of drug-likeness (QED) is 0.608. The molecule has 4 aliphatic carbocycles. The fourth-order valence-electron chi connectivity index (χ4n) is 9.94. The van der Waals surface area contributed by atoms with Crippen LogP contribution in [0.4, 0.5) is 0 Å². The minimum absolute atomic E-state index is 0.186. The van der Waals surface area contributed by atoms with Crippen LogP contribution in [0.1, 0.15) is 83.6 Å². The molecule has 37 heavy (non-hydrogen) atoms. The summed E-state index contributed by atoms with van der Waals surface area (Å²) in [4.78, 5) is 26.5. The Labute approximate surface area is 219 Å². The number of morpholine rings is 1. The average molecular weight is 514 g/mol. The molecule has 7 heteroatoms. The van der Waals surface area contributed by atoms with E-state index in [1.165, 1.54) is 38.5 Å². The van der Waals surface area contributed by atoms with E-state index in [4.69, 9.17) is 13.9 Å². The lowest BCUT2D eigenvalue weighted by molar-refractivity contribution is -0.204. The lowest BCUT2D eigenvalue weighted by Gasteiger charge is -2.64. The highest BCUT2D eigenvalue weighted by atomic mass is 16.5. The predicted molar refractivity (Wildman–Crippen MR) is 138 cm³/mol. The van der Waals surface area contributed by atoms with Crippen LogP contribution in [0.3, 0.4) is 0 Å². The molecule has 0 unspecified atom stereocenters. The molecule has 1 N–H and O–H groups in total. The standard InChI is InChI=1S/C30H43NO6/c1-19(32)37-25-17-30(34)24-6-5-21-16-22(31-12-14-35-15-13-31)8-10-28(21,2)23(24)9-11-29(30,3)27(25)20-4-7-26(33)36-18-20/h4,7,18,21-25,27,34H,5-6,8-17H2,1-3H3/t21-,22+,23+,24-,25+,27+,28+,29-,30+/m1/s1. The Morgan fingerprint density at radius 1 is 1.08 bits per heavy atom. The van der Waals surface area contributed by atoms with E-state index in [1.54, 1.807) is 6.07 Å². The minimum atomic E-state index is -0.925. The zero-order chi connectivity index (χ0) is 26.0. The van der Waals surface area contributed by atoms with Gasteiger partial charge in [-0.25, -0.2) is 4.79 Å². The lowest BCUT2D eigenvalue weighted by Crippen LogP contribution is -2.62. The summed E-state index contributed by atoms with van der Waals surface area (Å²) >= 11 is 0. The molecule has 7 nitrogen and oxygen atoms in total. The molecule has 1 aromatic heterocycles. The van der Waals surface area contributed by atoms with Gasteiger partial charge in [0, 0.05) is 49.9 Å². The fraction of sp³-hybridized carbons (Fsp3) is 0.800. The Balaban J connectivity index is 1.29. The van der Waals surface area contributed by atoms with Crippen molar-refractivity contribution in [1.29, 1.82) is 0 Å². The maximum absolute atomic E-state index is 12.7. The third kappa shape index (κ3) is 3.94. The predicted octanol–water partition coefficient (Wildman–Crippen LogP) is 4.12. The van der Waals surface area contributed by atoms with Gasteiger partial charge in [0.05, 0.1) is 25.1 Å². The van der Waals surface area contributed by atoms with E-state index < -0.39 is 22.7 Å². The molecule has 2 heterocycles. The van der Waals surface area contributed by atoms with Gasteiger partial charge in [-0.05, 0) is 79.7 Å². The minimum Gasteiger partial charge on any atom is -0.462 e. The van der Waals surface area contributed by atoms with Gasteiger partial charge in [0.15, 0.2) is 0 Å². The fourth-order valence-corrected chi connectivity index (χ4v) is 9.94. The van der Waals surface area contributed by atoms with Gasteiger partial charge in [-0.3, -0.25) is 9.69 Å². The summed E-state index contributed by atoms with van der Waals surface area (Å²) in [5.41, 5.74) is -0.700. The van der Waals surface area contributed by atoms with Crippen molar-refractivity contribution in [2.24, 2.45) is 28.6 Å². The van der Waals surface area contributed by atoms with Crippen molar-refractivity contribution in [2.75, 3.05) is 26.3 Å². The summed E-state index contributed by atoms with van der Waals surface area (Å²) in [6, 6.07) is 3.89. The number of carbonyl (C=O) groups is 1. The van der Waals surface area contributed by atoms with Crippen LogP contribution in [0.5, 0.6) is 0 Å². The average Bonchev–Trinajstić information content (AvgIpc) is 3.10. The van der Waals surface area contributed by atoms with Gasteiger partial charge in [0.1, 0.15) is 6.10 Å². The summed E-state index contributed by atoms with van der Waals surface area (Å²) in [6.45, 7) is 9.95. The monoisotopic (exact) mass is 513 g/mol. The Morgan fingerprint density at radius 2 is 1.86 bits per heavy atom. The second kappa shape index (κ2) is 9.20. The molecular formula is C30H43NO6. The molecule has 6 rings (SSSR count). The Hall–Kier alpha value is -1.70. The first kappa shape index (κ1) is 25.6. The van der Waals surface area contributed by atoms with E-state index in [0.717, 1.165) is 57.6 Å². The summed E-state index contributed by atoms with van der Waals surface area (Å²) in [6.07, 6.45) is 9.37. The summed E-state index contributed by atoms with van der Waals surface area (Å²) in [5, 5.41) is 12.7. The molecular weight excluding hydrogens is 470 g/mol. The molecule has 5 fully saturated rings. The first-order valence-electron chi connectivity index (χ1n) is 14.5. The molecule has 1 aliphatic heterocycles. The van der Waals surface area contributed by atoms with Crippen LogP contribution in [-0.2, 0) is 14.3 Å². The first-order chi connectivity index (χ1) is 17.7. The molecule has 1 saturated heterocycles. The van der Waals surface area contributed by atoms with E-state index in [1.807, 2.05) is 0 Å². The van der Waals surface area contributed by atoms with Gasteiger partial charge >= 0.3 is 11.6 Å². The smallest absolute Gasteiger partial charge is 0.335 e. The molecule has 5 aliphatic rings. The highest BCUT2D eigenvalue weighted by molar-refractivity contribution is 5.66. The van der Waals surface area contributed by atoms with E-state index in [0.29, 0.717) is 24.3 Å². The molecule has 4 saturated carbocycles. The number of aliphatic hydroxyl groups is 1. The van der Waals surface area contributed by atoms with E-state index in [9.17, 15) is 14.7 Å². The van der Waals surface area contributed by atoms with E-state index >= 15 is 0 Å². The first-order valence-corrected chi connectivity index (χ1v) is 14.5. The largest absolute Gasteiger partial charge is 0.462 e. The zero-order valence-corrected chi connectivity index (χ0v) is 22.6. The van der Waals surface area contributed by atoms with Crippen LogP contribution in [0.2, 0.25) is 0 Å². The SMILES string of the molecule is CC(=O)O[C@H]1C[C@]2(O)[C@@H]3CC[C@@H]4C[C@@H](N5CCOCC5)CC[C@]4(C)[C@H]3CC[C@]2(C)[C@H]1c1ccc(=O)oc1. The molecule has 0 spiro atoms. The van der Waals surface area contributed by atoms with E-state index in [-0.39, 0.29) is 23.2 Å². The number of hydrogen-bond donors (Lipinski definition) is 1. The van der Waals surface area contributed by atoms with Gasteiger partial charge in [-0.2, -0.15) is 0 Å². The molecule has 0 bridgehead atoms. The molecule has 1 aromatic rings. The normalized spacial score (nSPS) is 45.9. The van der Waals surface area contributed by atoms with Crippen LogP contribution in [-0.4, -0.2) is 60.0 Å². The number of hydrogen-bond acceptors (Lipinski definition) is 7. The number of ether oxygens (including phenoxy) is 2. The Bertz CT molecular complexity index is 1060. The number of nitrogens with zero attached hydrogens (tertiary/aromatic N) is 1. The third-order valence-corrected chi connectivity index (χ3v) is 11.8. The van der Waals surface area contributed by atoms with Crippen LogP contribution in [0.15, 0.2) is 27.6 Å². The maximum atomic E-state index is 12.7. The third-order valence-electron chi connectivity index (χ3n) is 11.8. The van der Waals surface area contributed by atoms with Gasteiger partial charge in [-0.15, -0.1) is 0 Å². The van der Waals surface area contributed by atoms with Crippen molar-refractivity contribution in [3.63, 3.8) is 0 Å². The van der Waals surface area contributed by atoms with Crippen molar-refractivity contribution in [3.05, 3.63) is 34.4 Å². The van der Waals surface area contributed by atoms with Crippen molar-refractivity contribution in [1.82, 2.24) is 4.90 Å². The summed E-state index contributed by atoms with van der Waals surface area (Å²) < 4.78 is 16.7. The van der Waals surface area contributed by atoms with Crippen molar-refractivity contribution in [3.8, 4) is 0 Å². The van der Waals surface area contributed by atoms with Gasteiger partial charge in [0.2, 0.25) is 0 Å². The summed E-state index contributed by atoms with van der Waals surface area (Å²) in [5.74, 6) is 0.820. The van der Waals surface area contributed by atoms with Crippen LogP contribution < -0.4 is 5.63 Å². The maximum Gasteiger partial charge on any atom is 0.335 e. The van der Waals surface area contributed by atoms with Crippen molar-refractivity contribution < 1.29 is 23.8 Å². The van der Waals surface area contributed by atoms with E-state index in [2.05, 4.69) is 18.7 Å². The Kier molecular flexibility index (Phi) is 6.36. The lowest BCUT2D eigenvalue weighted by atomic mass is 9.43. The highest BCUT2D eigenvalue weighted by Gasteiger charge is 2.70. The second-order valence-corrected chi connectivity index (χ2v) is 13.2. The van der Waals surface area contributed by atoms with Crippen LogP contribution in [0, 0.1) is 28.6 Å². The van der Waals surface area contributed by atoms with Gasteiger partial charge in [-0.1, -0.05) is 13.8 Å². The van der Waals surface area contributed by atoms with Crippen molar-refractivity contribution >= 4 is 5.97 Å². The topological polar surface area (TPSA) is 89.2 Å². The number of carbonyl (C=O) groups excluding carboxylic acids is 1. The number of rotatable bonds is 3. The number of esters is 1. The number of fused-ring (bicyclic) bond motifs is 5. The van der Waals surface area contributed by atoms with Crippen LogP contribution >= 0.6 is 0 Å². The molecule has 0 amide bonds. The van der Waals surface area contributed by atoms with Crippen LogP contribution in [0.25, 0.3) is 0 Å². The molecule has 0 radical (unpaired) electrons. The molecule has 9 atom stereocenters. The van der Waals surface area contributed by atoms with Crippen molar-refractivity contribution in [2.45, 2.75) is 95.8 Å². The molecule has 0 aromatic carbocycles. The van der Waals surface area contributed by atoms with Gasteiger partial charge < -0.3 is 19.0 Å².